The average Bonchev–Trinajstić information content (AvgIpc) is 2.71. The van der Waals surface area contributed by atoms with Crippen molar-refractivity contribution in [3.05, 3.63) is 36.0 Å². The Balaban J connectivity index is 0.00000180. The quantitative estimate of drug-likeness (QED) is 0.593. The molecule has 0 saturated heterocycles. The van der Waals surface area contributed by atoms with Crippen LogP contribution >= 0.6 is 0 Å². The van der Waals surface area contributed by atoms with Gasteiger partial charge >= 0.3 is 57.4 Å². The van der Waals surface area contributed by atoms with Crippen molar-refractivity contribution in [1.29, 1.82) is 0 Å². The van der Waals surface area contributed by atoms with E-state index in [1.165, 1.54) is 6.92 Å². The van der Waals surface area contributed by atoms with Gasteiger partial charge in [0.05, 0.1) is 0 Å². The zero-order valence-electron chi connectivity index (χ0n) is 11.9. The predicted molar refractivity (Wildman–Crippen MR) is 68.4 cm³/mol. The maximum absolute atomic E-state index is 11.1. The van der Waals surface area contributed by atoms with Crippen LogP contribution in [0.1, 0.15) is 13.9 Å². The van der Waals surface area contributed by atoms with Crippen molar-refractivity contribution >= 4 is 22.8 Å². The van der Waals surface area contributed by atoms with Crippen molar-refractivity contribution in [1.82, 2.24) is 10.3 Å². The van der Waals surface area contributed by atoms with E-state index in [1.807, 2.05) is 24.3 Å². The van der Waals surface area contributed by atoms with Gasteiger partial charge in [0.15, 0.2) is 0 Å². The monoisotopic (exact) mass is 286 g/mol. The molecule has 0 fully saturated rings. The number of para-hydroxylation sites is 1. The number of benzene rings is 1. The molecule has 1 atom stereocenters. The molecule has 3 N–H and O–H groups in total. The molecule has 6 heteroatoms. The van der Waals surface area contributed by atoms with Crippen molar-refractivity contribution < 1.29 is 67.5 Å². The van der Waals surface area contributed by atoms with E-state index in [0.717, 1.165) is 16.5 Å². The SMILES string of the molecule is CC(=O)NC(Cc1c[nH]c2ccccc12)C(=O)O.[H-].[K+]. The summed E-state index contributed by atoms with van der Waals surface area (Å²) < 4.78 is 0. The Labute approximate surface area is 154 Å². The number of hydrogen-bond donors (Lipinski definition) is 3. The average molecular weight is 286 g/mol. The molecule has 19 heavy (non-hydrogen) atoms. The normalized spacial score (nSPS) is 11.6. The van der Waals surface area contributed by atoms with Gasteiger partial charge in [-0.3, -0.25) is 4.79 Å². The number of carbonyl (C=O) groups is 2. The largest absolute Gasteiger partial charge is 1.00 e. The summed E-state index contributed by atoms with van der Waals surface area (Å²) in [6.07, 6.45) is 2.04. The van der Waals surface area contributed by atoms with Gasteiger partial charge in [-0.05, 0) is 11.6 Å². The molecule has 1 aromatic heterocycles. The molecule has 2 rings (SSSR count). The third-order valence-corrected chi connectivity index (χ3v) is 2.77. The van der Waals surface area contributed by atoms with Crippen LogP contribution in [0.4, 0.5) is 0 Å². The van der Waals surface area contributed by atoms with E-state index in [9.17, 15) is 9.59 Å². The van der Waals surface area contributed by atoms with E-state index in [1.54, 1.807) is 6.20 Å². The minimum absolute atomic E-state index is 0. The van der Waals surface area contributed by atoms with Crippen molar-refractivity contribution in [3.63, 3.8) is 0 Å². The van der Waals surface area contributed by atoms with Crippen molar-refractivity contribution in [2.24, 2.45) is 0 Å². The van der Waals surface area contributed by atoms with Gasteiger partial charge in [-0.25, -0.2) is 4.79 Å². The number of carbonyl (C=O) groups excluding carboxylic acids is 1. The van der Waals surface area contributed by atoms with Crippen molar-refractivity contribution in [3.8, 4) is 0 Å². The fourth-order valence-corrected chi connectivity index (χ4v) is 1.97. The minimum atomic E-state index is -1.03. The molecule has 0 aliphatic rings. The molecule has 1 aromatic carbocycles. The van der Waals surface area contributed by atoms with Gasteiger partial charge in [0.2, 0.25) is 5.91 Å². The summed E-state index contributed by atoms with van der Waals surface area (Å²) in [6.45, 7) is 1.31. The Hall–Kier alpha value is -0.664. The van der Waals surface area contributed by atoms with Crippen molar-refractivity contribution in [2.75, 3.05) is 0 Å². The number of carboxylic acids is 1. The number of nitrogens with one attached hydrogen (secondary N) is 2. The van der Waals surface area contributed by atoms with Gasteiger partial charge in [-0.2, -0.15) is 0 Å². The fraction of sp³-hybridized carbons (Fsp3) is 0.231. The number of aliphatic carboxylic acids is 1. The van der Waals surface area contributed by atoms with Crippen LogP contribution in [0.3, 0.4) is 0 Å². The summed E-state index contributed by atoms with van der Waals surface area (Å²) in [7, 11) is 0. The number of aromatic amines is 1. The molecule has 1 amide bonds. The zero-order valence-corrected chi connectivity index (χ0v) is 14.1. The summed E-state index contributed by atoms with van der Waals surface area (Å²) in [6, 6.07) is 6.75. The van der Waals surface area contributed by atoms with E-state index >= 15 is 0 Å². The van der Waals surface area contributed by atoms with Crippen LogP contribution in [0.25, 0.3) is 10.9 Å². The summed E-state index contributed by atoms with van der Waals surface area (Å²) >= 11 is 0. The van der Waals surface area contributed by atoms with Gasteiger partial charge in [0.1, 0.15) is 6.04 Å². The third-order valence-electron chi connectivity index (χ3n) is 2.77. The number of hydrogen-bond acceptors (Lipinski definition) is 2. The molecular formula is C13H15KN2O3. The number of aromatic nitrogens is 1. The Morgan fingerprint density at radius 1 is 1.42 bits per heavy atom. The summed E-state index contributed by atoms with van der Waals surface area (Å²) in [5.41, 5.74) is 1.84. The molecule has 1 unspecified atom stereocenters. The van der Waals surface area contributed by atoms with Gasteiger partial charge in [0, 0.05) is 30.4 Å². The second kappa shape index (κ2) is 7.21. The molecule has 1 heterocycles. The molecular weight excluding hydrogens is 271 g/mol. The smallest absolute Gasteiger partial charge is 1.00 e. The molecule has 2 aromatic rings. The first kappa shape index (κ1) is 16.4. The Kier molecular flexibility index (Phi) is 6.22. The summed E-state index contributed by atoms with van der Waals surface area (Å²) in [4.78, 5) is 25.1. The first-order chi connectivity index (χ1) is 8.58. The first-order valence-electron chi connectivity index (χ1n) is 5.63. The van der Waals surface area contributed by atoms with Crippen LogP contribution in [-0.2, 0) is 16.0 Å². The maximum atomic E-state index is 11.1. The van der Waals surface area contributed by atoms with Crippen LogP contribution < -0.4 is 56.7 Å². The number of rotatable bonds is 4. The van der Waals surface area contributed by atoms with Gasteiger partial charge in [-0.15, -0.1) is 0 Å². The maximum Gasteiger partial charge on any atom is 1.00 e. The molecule has 0 spiro atoms. The molecule has 96 valence electrons. The Morgan fingerprint density at radius 3 is 2.74 bits per heavy atom. The fourth-order valence-electron chi connectivity index (χ4n) is 1.97. The topological polar surface area (TPSA) is 82.2 Å². The molecule has 0 aliphatic carbocycles. The van der Waals surface area contributed by atoms with E-state index in [4.69, 9.17) is 5.11 Å². The zero-order chi connectivity index (χ0) is 13.1. The molecule has 0 aliphatic heterocycles. The van der Waals surface area contributed by atoms with Gasteiger partial charge < -0.3 is 16.8 Å². The van der Waals surface area contributed by atoms with Gasteiger partial charge in [0.25, 0.3) is 0 Å². The standard InChI is InChI=1S/C13H14N2O3.K.H/c1-8(16)15-12(13(17)18)6-9-7-14-11-5-3-2-4-10(9)11;;/h2-5,7,12,14H,6H2,1H3,(H,15,16)(H,17,18);;/q;+1;-1. The van der Waals surface area contributed by atoms with Crippen molar-refractivity contribution in [2.45, 2.75) is 19.4 Å². The minimum Gasteiger partial charge on any atom is -1.00 e. The first-order valence-corrected chi connectivity index (χ1v) is 5.63. The van der Waals surface area contributed by atoms with E-state index in [2.05, 4.69) is 10.3 Å². The number of amides is 1. The number of fused-ring (bicyclic) bond motifs is 1. The Morgan fingerprint density at radius 2 is 2.11 bits per heavy atom. The van der Waals surface area contributed by atoms with Crippen LogP contribution in [-0.4, -0.2) is 28.0 Å². The second-order valence-corrected chi connectivity index (χ2v) is 4.15. The molecule has 0 radical (unpaired) electrons. The van der Waals surface area contributed by atoms with Crippen LogP contribution in [0.15, 0.2) is 30.5 Å². The predicted octanol–water partition coefficient (Wildman–Crippen LogP) is -1.58. The molecule has 5 nitrogen and oxygen atoms in total. The van der Waals surface area contributed by atoms with Gasteiger partial charge in [-0.1, -0.05) is 18.2 Å². The van der Waals surface area contributed by atoms with E-state index in [-0.39, 0.29) is 65.1 Å². The van der Waals surface area contributed by atoms with Crippen LogP contribution in [0, 0.1) is 0 Å². The molecule has 0 saturated carbocycles. The van der Waals surface area contributed by atoms with Crippen LogP contribution in [0.2, 0.25) is 0 Å². The van der Waals surface area contributed by atoms with E-state index in [0.29, 0.717) is 0 Å². The number of carboxylic acid groups (broad SMARTS) is 1. The Bertz CT molecular complexity index is 600. The summed E-state index contributed by atoms with van der Waals surface area (Å²) in [5, 5.41) is 12.5. The van der Waals surface area contributed by atoms with E-state index < -0.39 is 12.0 Å². The number of H-pyrrole nitrogens is 1. The second-order valence-electron chi connectivity index (χ2n) is 4.15. The third kappa shape index (κ3) is 4.15. The molecule has 0 bridgehead atoms. The van der Waals surface area contributed by atoms with Crippen LogP contribution in [0.5, 0.6) is 0 Å². The summed E-state index contributed by atoms with van der Waals surface area (Å²) in [5.74, 6) is -1.38.